The number of hydrogen-bond donors (Lipinski definition) is 0. The molecule has 0 saturated heterocycles. The van der Waals surface area contributed by atoms with Crippen LogP contribution in [0.4, 0.5) is 4.39 Å². The summed E-state index contributed by atoms with van der Waals surface area (Å²) in [7, 11) is 1.48. The van der Waals surface area contributed by atoms with Gasteiger partial charge in [-0.2, -0.15) is 0 Å². The monoisotopic (exact) mass is 291 g/mol. The Labute approximate surface area is 120 Å². The molecule has 1 aromatic carbocycles. The van der Waals surface area contributed by atoms with Gasteiger partial charge < -0.3 is 9.64 Å². The summed E-state index contributed by atoms with van der Waals surface area (Å²) in [5.74, 6) is -0.201. The van der Waals surface area contributed by atoms with Crippen molar-refractivity contribution in [2.75, 3.05) is 13.7 Å². The van der Waals surface area contributed by atoms with E-state index in [1.165, 1.54) is 35.7 Å². The number of rotatable bonds is 2. The quantitative estimate of drug-likeness (QED) is 0.851. The van der Waals surface area contributed by atoms with E-state index in [2.05, 4.69) is 0 Å². The summed E-state index contributed by atoms with van der Waals surface area (Å²) in [4.78, 5) is 15.6. The number of carbonyl (C=O) groups excluding carboxylic acids is 1. The van der Waals surface area contributed by atoms with Gasteiger partial charge in [-0.25, -0.2) is 4.39 Å². The number of amides is 1. The van der Waals surface area contributed by atoms with Crippen molar-refractivity contribution < 1.29 is 13.9 Å². The fraction of sp³-hybridized carbons (Fsp3) is 0.267. The molecule has 0 bridgehead atoms. The number of carbonyl (C=O) groups is 1. The SMILES string of the molecule is COc1ccc(F)cc1C(=O)N1CCc2sccc2C1. The smallest absolute Gasteiger partial charge is 0.258 e. The summed E-state index contributed by atoms with van der Waals surface area (Å²) in [6, 6.07) is 6.07. The molecule has 3 rings (SSSR count). The molecule has 0 unspecified atom stereocenters. The Morgan fingerprint density at radius 2 is 2.25 bits per heavy atom. The lowest BCUT2D eigenvalue weighted by atomic mass is 10.1. The Hall–Kier alpha value is -1.88. The summed E-state index contributed by atoms with van der Waals surface area (Å²) in [6.07, 6.45) is 0.858. The zero-order valence-electron chi connectivity index (χ0n) is 11.1. The van der Waals surface area contributed by atoms with E-state index in [4.69, 9.17) is 4.74 Å². The molecule has 0 saturated carbocycles. The Bertz CT molecular complexity index is 653. The number of benzene rings is 1. The molecule has 3 nitrogen and oxygen atoms in total. The molecule has 0 radical (unpaired) electrons. The third-order valence-corrected chi connectivity index (χ3v) is 4.51. The maximum atomic E-state index is 13.4. The predicted molar refractivity (Wildman–Crippen MR) is 75.7 cm³/mol. The van der Waals surface area contributed by atoms with Gasteiger partial charge in [0.1, 0.15) is 11.6 Å². The highest BCUT2D eigenvalue weighted by atomic mass is 32.1. The zero-order valence-corrected chi connectivity index (χ0v) is 11.9. The molecule has 5 heteroatoms. The Morgan fingerprint density at radius 3 is 3.05 bits per heavy atom. The van der Waals surface area contributed by atoms with E-state index in [9.17, 15) is 9.18 Å². The van der Waals surface area contributed by atoms with E-state index < -0.39 is 5.82 Å². The minimum absolute atomic E-state index is 0.182. The Morgan fingerprint density at radius 1 is 1.40 bits per heavy atom. The first kappa shape index (κ1) is 13.1. The van der Waals surface area contributed by atoms with Crippen LogP contribution in [0, 0.1) is 5.82 Å². The van der Waals surface area contributed by atoms with Crippen LogP contribution in [0.2, 0.25) is 0 Å². The van der Waals surface area contributed by atoms with E-state index in [-0.39, 0.29) is 11.5 Å². The molecule has 2 aromatic rings. The van der Waals surface area contributed by atoms with Crippen LogP contribution in [0.3, 0.4) is 0 Å². The summed E-state index contributed by atoms with van der Waals surface area (Å²) in [5.41, 5.74) is 1.47. The second-order valence-corrected chi connectivity index (χ2v) is 5.69. The van der Waals surface area contributed by atoms with E-state index in [0.29, 0.717) is 18.8 Å². The van der Waals surface area contributed by atoms with Gasteiger partial charge in [0.15, 0.2) is 0 Å². The average Bonchev–Trinajstić information content (AvgIpc) is 2.93. The third-order valence-electron chi connectivity index (χ3n) is 3.49. The number of thiophene rings is 1. The summed E-state index contributed by atoms with van der Waals surface area (Å²) in [6.45, 7) is 1.24. The van der Waals surface area contributed by atoms with Gasteiger partial charge in [-0.3, -0.25) is 4.79 Å². The Kier molecular flexibility index (Phi) is 3.44. The van der Waals surface area contributed by atoms with Gasteiger partial charge in [0.25, 0.3) is 5.91 Å². The van der Waals surface area contributed by atoms with Gasteiger partial charge in [-0.1, -0.05) is 0 Å². The van der Waals surface area contributed by atoms with Crippen LogP contribution in [-0.4, -0.2) is 24.5 Å². The molecule has 0 aliphatic carbocycles. The molecule has 0 fully saturated rings. The van der Waals surface area contributed by atoms with Crippen molar-refractivity contribution in [3.05, 3.63) is 51.5 Å². The van der Waals surface area contributed by atoms with Crippen molar-refractivity contribution >= 4 is 17.2 Å². The summed E-state index contributed by atoms with van der Waals surface area (Å²) >= 11 is 1.72. The molecule has 104 valence electrons. The number of hydrogen-bond acceptors (Lipinski definition) is 3. The molecule has 0 N–H and O–H groups in total. The molecule has 0 atom stereocenters. The highest BCUT2D eigenvalue weighted by Crippen LogP contribution is 2.27. The van der Waals surface area contributed by atoms with Gasteiger partial charge in [0.2, 0.25) is 0 Å². The second-order valence-electron chi connectivity index (χ2n) is 4.69. The van der Waals surface area contributed by atoms with Gasteiger partial charge in [0.05, 0.1) is 12.7 Å². The molecule has 2 heterocycles. The van der Waals surface area contributed by atoms with Crippen LogP contribution in [0.15, 0.2) is 29.6 Å². The fourth-order valence-electron chi connectivity index (χ4n) is 2.44. The largest absolute Gasteiger partial charge is 0.496 e. The van der Waals surface area contributed by atoms with Crippen LogP contribution in [0.1, 0.15) is 20.8 Å². The van der Waals surface area contributed by atoms with Crippen LogP contribution < -0.4 is 4.74 Å². The van der Waals surface area contributed by atoms with Gasteiger partial charge in [-0.15, -0.1) is 11.3 Å². The standard InChI is InChI=1S/C15H14FNO2S/c1-19-13-3-2-11(16)8-12(13)15(18)17-6-4-14-10(9-17)5-7-20-14/h2-3,5,7-8H,4,6,9H2,1H3. The zero-order chi connectivity index (χ0) is 14.1. The molecular formula is C15H14FNO2S. The highest BCUT2D eigenvalue weighted by Gasteiger charge is 2.24. The lowest BCUT2D eigenvalue weighted by Gasteiger charge is -2.27. The van der Waals surface area contributed by atoms with Crippen LogP contribution in [0.25, 0.3) is 0 Å². The molecular weight excluding hydrogens is 277 g/mol. The molecule has 1 aliphatic rings. The van der Waals surface area contributed by atoms with Crippen molar-refractivity contribution in [3.63, 3.8) is 0 Å². The minimum atomic E-state index is -0.428. The van der Waals surface area contributed by atoms with Gasteiger partial charge >= 0.3 is 0 Å². The van der Waals surface area contributed by atoms with Crippen molar-refractivity contribution in [1.82, 2.24) is 4.90 Å². The van der Waals surface area contributed by atoms with E-state index in [1.807, 2.05) is 11.4 Å². The van der Waals surface area contributed by atoms with Gasteiger partial charge in [-0.05, 0) is 41.6 Å². The lowest BCUT2D eigenvalue weighted by Crippen LogP contribution is -2.35. The fourth-order valence-corrected chi connectivity index (χ4v) is 3.33. The predicted octanol–water partition coefficient (Wildman–Crippen LogP) is 3.09. The average molecular weight is 291 g/mol. The second kappa shape index (κ2) is 5.25. The van der Waals surface area contributed by atoms with Crippen molar-refractivity contribution in [2.45, 2.75) is 13.0 Å². The van der Waals surface area contributed by atoms with Crippen LogP contribution >= 0.6 is 11.3 Å². The van der Waals surface area contributed by atoms with E-state index in [1.54, 1.807) is 16.2 Å². The first-order valence-corrected chi connectivity index (χ1v) is 7.25. The Balaban J connectivity index is 1.88. The number of fused-ring (bicyclic) bond motifs is 1. The lowest BCUT2D eigenvalue weighted by molar-refractivity contribution is 0.0732. The third kappa shape index (κ3) is 2.29. The highest BCUT2D eigenvalue weighted by molar-refractivity contribution is 7.10. The maximum absolute atomic E-state index is 13.4. The first-order valence-electron chi connectivity index (χ1n) is 6.37. The maximum Gasteiger partial charge on any atom is 0.258 e. The molecule has 0 spiro atoms. The molecule has 1 aliphatic heterocycles. The van der Waals surface area contributed by atoms with Crippen molar-refractivity contribution in [2.24, 2.45) is 0 Å². The van der Waals surface area contributed by atoms with Crippen molar-refractivity contribution in [3.8, 4) is 5.75 Å². The minimum Gasteiger partial charge on any atom is -0.496 e. The van der Waals surface area contributed by atoms with Crippen LogP contribution in [0.5, 0.6) is 5.75 Å². The number of ether oxygens (including phenoxy) is 1. The summed E-state index contributed by atoms with van der Waals surface area (Å²) < 4.78 is 18.5. The molecule has 20 heavy (non-hydrogen) atoms. The van der Waals surface area contributed by atoms with Crippen molar-refractivity contribution in [1.29, 1.82) is 0 Å². The number of halogens is 1. The summed E-state index contributed by atoms with van der Waals surface area (Å²) in [5, 5.41) is 2.04. The molecule has 1 aromatic heterocycles. The van der Waals surface area contributed by atoms with Gasteiger partial charge in [0, 0.05) is 18.0 Å². The van der Waals surface area contributed by atoms with E-state index >= 15 is 0 Å². The topological polar surface area (TPSA) is 29.5 Å². The number of nitrogens with zero attached hydrogens (tertiary/aromatic N) is 1. The normalized spacial score (nSPS) is 14.0. The molecule has 1 amide bonds. The number of methoxy groups -OCH3 is 1. The van der Waals surface area contributed by atoms with E-state index in [0.717, 1.165) is 6.42 Å². The first-order chi connectivity index (χ1) is 9.69. The van der Waals surface area contributed by atoms with Crippen LogP contribution in [-0.2, 0) is 13.0 Å².